The topological polar surface area (TPSA) is 54.7 Å². The van der Waals surface area contributed by atoms with Gasteiger partial charge in [-0.05, 0) is 55.4 Å². The molecule has 2 heterocycles. The molecule has 1 saturated carbocycles. The average Bonchev–Trinajstić information content (AvgIpc) is 3.25. The van der Waals surface area contributed by atoms with Crippen LogP contribution in [0.15, 0.2) is 40.4 Å². The van der Waals surface area contributed by atoms with Crippen LogP contribution in [-0.2, 0) is 11.4 Å². The summed E-state index contributed by atoms with van der Waals surface area (Å²) in [5, 5.41) is 4.38. The number of rotatable bonds is 5. The van der Waals surface area contributed by atoms with E-state index in [9.17, 15) is 4.79 Å². The van der Waals surface area contributed by atoms with Gasteiger partial charge in [0.05, 0.1) is 5.02 Å². The van der Waals surface area contributed by atoms with Crippen molar-refractivity contribution in [1.29, 1.82) is 0 Å². The van der Waals surface area contributed by atoms with E-state index in [0.29, 0.717) is 38.1 Å². The number of furan rings is 1. The first kappa shape index (κ1) is 17.4. The fourth-order valence-corrected chi connectivity index (χ4v) is 3.45. The summed E-state index contributed by atoms with van der Waals surface area (Å²) in [5.41, 5.74) is 0.421. The molecule has 0 atom stereocenters. The van der Waals surface area contributed by atoms with Gasteiger partial charge in [0.2, 0.25) is 0 Å². The van der Waals surface area contributed by atoms with Crippen molar-refractivity contribution in [3.8, 4) is 5.75 Å². The van der Waals surface area contributed by atoms with Crippen LogP contribution in [0, 0.1) is 0 Å². The van der Waals surface area contributed by atoms with Gasteiger partial charge in [0.1, 0.15) is 29.6 Å². The van der Waals surface area contributed by atoms with E-state index >= 15 is 0 Å². The quantitative estimate of drug-likeness (QED) is 0.587. The van der Waals surface area contributed by atoms with Crippen LogP contribution in [0.3, 0.4) is 0 Å². The number of thiocarbonyl (C=S) groups is 1. The molecule has 0 bridgehead atoms. The van der Waals surface area contributed by atoms with Crippen molar-refractivity contribution in [3.63, 3.8) is 0 Å². The van der Waals surface area contributed by atoms with Gasteiger partial charge in [0.15, 0.2) is 5.11 Å². The van der Waals surface area contributed by atoms with E-state index in [1.165, 1.54) is 0 Å². The molecule has 4 rings (SSSR count). The molecule has 0 spiro atoms. The van der Waals surface area contributed by atoms with Crippen molar-refractivity contribution >= 4 is 52.5 Å². The lowest BCUT2D eigenvalue weighted by Crippen LogP contribution is -2.32. The Balaban J connectivity index is 1.43. The van der Waals surface area contributed by atoms with Crippen molar-refractivity contribution < 1.29 is 13.9 Å². The zero-order valence-electron chi connectivity index (χ0n) is 13.5. The molecule has 1 N–H and O–H groups in total. The van der Waals surface area contributed by atoms with Crippen molar-refractivity contribution in [2.45, 2.75) is 25.5 Å². The first-order valence-electron chi connectivity index (χ1n) is 8.04. The van der Waals surface area contributed by atoms with Gasteiger partial charge in [-0.2, -0.15) is 0 Å². The lowest BCUT2D eigenvalue weighted by Gasteiger charge is -2.11. The average molecular weight is 409 g/mol. The predicted octanol–water partition coefficient (Wildman–Crippen LogP) is 4.39. The smallest absolute Gasteiger partial charge is 0.276 e. The molecule has 26 heavy (non-hydrogen) atoms. The van der Waals surface area contributed by atoms with Crippen molar-refractivity contribution in [2.24, 2.45) is 0 Å². The molecule has 1 amide bonds. The van der Waals surface area contributed by atoms with Crippen LogP contribution in [0.1, 0.15) is 24.4 Å². The molecule has 1 aliphatic heterocycles. The zero-order chi connectivity index (χ0) is 18.3. The maximum atomic E-state index is 12.4. The summed E-state index contributed by atoms with van der Waals surface area (Å²) in [6, 6.07) is 8.80. The van der Waals surface area contributed by atoms with E-state index in [0.717, 1.165) is 12.8 Å². The van der Waals surface area contributed by atoms with E-state index in [1.807, 2.05) is 0 Å². The molecule has 5 nitrogen and oxygen atoms in total. The molecule has 1 aliphatic carbocycles. The molecule has 2 aliphatic rings. The Hall–Kier alpha value is -2.02. The molecule has 1 aromatic heterocycles. The van der Waals surface area contributed by atoms with Gasteiger partial charge in [0.25, 0.3) is 5.91 Å². The minimum Gasteiger partial charge on any atom is -0.484 e. The Labute approximate surface area is 165 Å². The van der Waals surface area contributed by atoms with Crippen LogP contribution >= 0.6 is 35.4 Å². The number of nitrogens with one attached hydrogen (secondary N) is 1. The molecule has 1 saturated heterocycles. The number of carbonyl (C=O) groups excluding carboxylic acids is 1. The van der Waals surface area contributed by atoms with Crippen LogP contribution in [0.5, 0.6) is 5.75 Å². The van der Waals surface area contributed by atoms with E-state index in [1.54, 1.807) is 41.3 Å². The van der Waals surface area contributed by atoms with Crippen LogP contribution in [0.2, 0.25) is 10.0 Å². The molecular weight excluding hydrogens is 395 g/mol. The lowest BCUT2D eigenvalue weighted by atomic mass is 10.3. The summed E-state index contributed by atoms with van der Waals surface area (Å²) >= 11 is 17.2. The Morgan fingerprint density at radius 2 is 2.12 bits per heavy atom. The zero-order valence-corrected chi connectivity index (χ0v) is 15.8. The van der Waals surface area contributed by atoms with Crippen LogP contribution in [0.25, 0.3) is 6.08 Å². The van der Waals surface area contributed by atoms with Crippen molar-refractivity contribution in [1.82, 2.24) is 10.2 Å². The first-order valence-corrected chi connectivity index (χ1v) is 9.20. The SMILES string of the molecule is O=C1/C(=C\c2ccc(COc3ccc(Cl)cc3Cl)o2)NC(=S)N1C1CC1. The third-order valence-electron chi connectivity index (χ3n) is 4.05. The Bertz CT molecular complexity index is 921. The van der Waals surface area contributed by atoms with Gasteiger partial charge in [-0.15, -0.1) is 0 Å². The second-order valence-electron chi connectivity index (χ2n) is 6.06. The second-order valence-corrected chi connectivity index (χ2v) is 7.29. The molecule has 2 aromatic rings. The number of ether oxygens (including phenoxy) is 1. The third-order valence-corrected chi connectivity index (χ3v) is 4.88. The highest BCUT2D eigenvalue weighted by atomic mass is 35.5. The number of benzene rings is 1. The number of amides is 1. The molecule has 2 fully saturated rings. The summed E-state index contributed by atoms with van der Waals surface area (Å²) < 4.78 is 11.3. The number of carbonyl (C=O) groups is 1. The maximum Gasteiger partial charge on any atom is 0.276 e. The van der Waals surface area contributed by atoms with E-state index in [4.69, 9.17) is 44.6 Å². The minimum atomic E-state index is -0.111. The first-order chi connectivity index (χ1) is 12.5. The molecule has 0 radical (unpaired) electrons. The van der Waals surface area contributed by atoms with E-state index in [-0.39, 0.29) is 18.6 Å². The number of halogens is 2. The van der Waals surface area contributed by atoms with Gasteiger partial charge in [0, 0.05) is 17.1 Å². The van der Waals surface area contributed by atoms with Gasteiger partial charge in [-0.1, -0.05) is 23.2 Å². The summed E-state index contributed by atoms with van der Waals surface area (Å²) in [5.74, 6) is 1.56. The van der Waals surface area contributed by atoms with Crippen LogP contribution in [-0.4, -0.2) is 22.0 Å². The Kier molecular flexibility index (Phi) is 4.65. The molecule has 134 valence electrons. The van der Waals surface area contributed by atoms with E-state index < -0.39 is 0 Å². The van der Waals surface area contributed by atoms with Crippen molar-refractivity contribution in [3.05, 3.63) is 57.6 Å². The summed E-state index contributed by atoms with van der Waals surface area (Å²) in [4.78, 5) is 14.0. The van der Waals surface area contributed by atoms with Gasteiger partial charge in [-0.3, -0.25) is 9.69 Å². The largest absolute Gasteiger partial charge is 0.484 e. The van der Waals surface area contributed by atoms with Gasteiger partial charge >= 0.3 is 0 Å². The minimum absolute atomic E-state index is 0.111. The summed E-state index contributed by atoms with van der Waals surface area (Å²) in [6.07, 6.45) is 3.64. The highest BCUT2D eigenvalue weighted by Crippen LogP contribution is 2.31. The highest BCUT2D eigenvalue weighted by Gasteiger charge is 2.41. The normalized spacial score (nSPS) is 18.5. The lowest BCUT2D eigenvalue weighted by molar-refractivity contribution is -0.122. The number of nitrogens with zero attached hydrogens (tertiary/aromatic N) is 1. The standard InChI is InChI=1S/C18H14Cl2N2O3S/c19-10-1-6-16(14(20)7-10)24-9-13-5-4-12(25-13)8-15-17(23)22(11-2-3-11)18(26)21-15/h1,4-8,11H,2-3,9H2,(H,21,26)/b15-8+. The van der Waals surface area contributed by atoms with E-state index in [2.05, 4.69) is 5.32 Å². The Morgan fingerprint density at radius 1 is 1.31 bits per heavy atom. The predicted molar refractivity (Wildman–Crippen MR) is 103 cm³/mol. The van der Waals surface area contributed by atoms with Gasteiger partial charge < -0.3 is 14.5 Å². The number of hydrogen-bond acceptors (Lipinski definition) is 4. The molecular formula is C18H14Cl2N2O3S. The maximum absolute atomic E-state index is 12.4. The molecule has 1 aromatic carbocycles. The summed E-state index contributed by atoms with van der Waals surface area (Å²) in [7, 11) is 0. The Morgan fingerprint density at radius 3 is 2.85 bits per heavy atom. The van der Waals surface area contributed by atoms with Gasteiger partial charge in [-0.25, -0.2) is 0 Å². The second kappa shape index (κ2) is 6.95. The number of hydrogen-bond donors (Lipinski definition) is 1. The summed E-state index contributed by atoms with van der Waals surface area (Å²) in [6.45, 7) is 0.207. The fourth-order valence-electron chi connectivity index (χ4n) is 2.65. The molecule has 8 heteroatoms. The third kappa shape index (κ3) is 3.58. The molecule has 0 unspecified atom stereocenters. The fraction of sp³-hybridized carbons (Fsp3) is 0.222. The van der Waals surface area contributed by atoms with Crippen molar-refractivity contribution in [2.75, 3.05) is 0 Å². The van der Waals surface area contributed by atoms with Crippen LogP contribution in [0.4, 0.5) is 0 Å². The highest BCUT2D eigenvalue weighted by molar-refractivity contribution is 7.80. The van der Waals surface area contributed by atoms with Crippen LogP contribution < -0.4 is 10.1 Å². The monoisotopic (exact) mass is 408 g/mol.